The summed E-state index contributed by atoms with van der Waals surface area (Å²) in [7, 11) is -3.60. The van der Waals surface area contributed by atoms with Crippen molar-refractivity contribution in [2.24, 2.45) is 0 Å². The Morgan fingerprint density at radius 2 is 1.85 bits per heavy atom. The van der Waals surface area contributed by atoms with E-state index in [0.29, 0.717) is 10.0 Å². The Morgan fingerprint density at radius 1 is 1.08 bits per heavy atom. The number of carbonyl (C=O) groups excluding carboxylic acids is 1. The third-order valence-corrected chi connectivity index (χ3v) is 7.04. The molecular weight excluding hydrogens is 416 g/mol. The molecule has 0 aliphatic heterocycles. The largest absolute Gasteiger partial charge is 0.345 e. The predicted molar refractivity (Wildman–Crippen MR) is 102 cm³/mol. The Kier molecular flexibility index (Phi) is 4.62. The van der Waals surface area contributed by atoms with Crippen LogP contribution in [-0.2, 0) is 16.4 Å². The van der Waals surface area contributed by atoms with Crippen molar-refractivity contribution in [3.05, 3.63) is 63.6 Å². The Bertz CT molecular complexity index is 970. The molecule has 7 heteroatoms. The first-order valence-corrected chi connectivity index (χ1v) is 10.9. The lowest BCUT2D eigenvalue weighted by molar-refractivity contribution is 0.0935. The second-order valence-electron chi connectivity index (χ2n) is 6.80. The lowest BCUT2D eigenvalue weighted by atomic mass is 10.1. The maximum Gasteiger partial charge on any atom is 0.252 e. The molecule has 2 aliphatic rings. The van der Waals surface area contributed by atoms with Crippen molar-refractivity contribution in [2.75, 3.05) is 0 Å². The van der Waals surface area contributed by atoms with Crippen molar-refractivity contribution in [1.29, 1.82) is 0 Å². The first-order valence-electron chi connectivity index (χ1n) is 8.64. The summed E-state index contributed by atoms with van der Waals surface area (Å²) in [4.78, 5) is 12.9. The minimum absolute atomic E-state index is 0.0240. The third-order valence-electron chi connectivity index (χ3n) is 4.83. The molecule has 2 aliphatic carbocycles. The Morgan fingerprint density at radius 3 is 2.62 bits per heavy atom. The number of benzene rings is 2. The number of hydrogen-bond donors (Lipinski definition) is 2. The number of amides is 1. The maximum absolute atomic E-state index is 12.8. The number of sulfonamides is 1. The molecule has 0 aromatic heterocycles. The van der Waals surface area contributed by atoms with E-state index < -0.39 is 10.0 Å². The van der Waals surface area contributed by atoms with Gasteiger partial charge < -0.3 is 5.32 Å². The van der Waals surface area contributed by atoms with Gasteiger partial charge in [0.15, 0.2) is 0 Å². The molecule has 0 spiro atoms. The maximum atomic E-state index is 12.8. The lowest BCUT2D eigenvalue weighted by Gasteiger charge is -2.15. The number of aryl methyl sites for hydroxylation is 1. The SMILES string of the molecule is O=C(NC1CCc2ccccc21)c1cc(S(=O)(=O)NC2CC2)ccc1Br. The van der Waals surface area contributed by atoms with Gasteiger partial charge in [0.25, 0.3) is 5.91 Å². The fourth-order valence-corrected chi connectivity index (χ4v) is 5.03. The molecule has 2 N–H and O–H groups in total. The molecule has 5 nitrogen and oxygen atoms in total. The monoisotopic (exact) mass is 434 g/mol. The van der Waals surface area contributed by atoms with Crippen LogP contribution in [0.3, 0.4) is 0 Å². The van der Waals surface area contributed by atoms with E-state index in [2.05, 4.69) is 32.0 Å². The molecule has 1 amide bonds. The van der Waals surface area contributed by atoms with Crippen LogP contribution < -0.4 is 10.0 Å². The number of rotatable bonds is 5. The first-order chi connectivity index (χ1) is 12.4. The molecule has 1 saturated carbocycles. The molecule has 136 valence electrons. The van der Waals surface area contributed by atoms with Gasteiger partial charge in [-0.2, -0.15) is 0 Å². The van der Waals surface area contributed by atoms with E-state index in [-0.39, 0.29) is 22.9 Å². The van der Waals surface area contributed by atoms with Crippen molar-refractivity contribution in [3.63, 3.8) is 0 Å². The van der Waals surface area contributed by atoms with Gasteiger partial charge in [0.05, 0.1) is 16.5 Å². The molecule has 2 aromatic rings. The van der Waals surface area contributed by atoms with Gasteiger partial charge in [-0.1, -0.05) is 24.3 Å². The highest BCUT2D eigenvalue weighted by Gasteiger charge is 2.29. The van der Waals surface area contributed by atoms with Crippen molar-refractivity contribution < 1.29 is 13.2 Å². The van der Waals surface area contributed by atoms with E-state index in [1.807, 2.05) is 18.2 Å². The summed E-state index contributed by atoms with van der Waals surface area (Å²) in [6, 6.07) is 12.6. The van der Waals surface area contributed by atoms with Crippen LogP contribution in [0.2, 0.25) is 0 Å². The quantitative estimate of drug-likeness (QED) is 0.757. The smallest absolute Gasteiger partial charge is 0.252 e. The van der Waals surface area contributed by atoms with Crippen LogP contribution in [0.15, 0.2) is 51.8 Å². The minimum Gasteiger partial charge on any atom is -0.345 e. The summed E-state index contributed by atoms with van der Waals surface area (Å²) < 4.78 is 28.1. The zero-order valence-corrected chi connectivity index (χ0v) is 16.4. The van der Waals surface area contributed by atoms with Crippen LogP contribution >= 0.6 is 15.9 Å². The lowest BCUT2D eigenvalue weighted by Crippen LogP contribution is -2.29. The highest BCUT2D eigenvalue weighted by Crippen LogP contribution is 2.31. The average Bonchev–Trinajstić information content (AvgIpc) is 3.33. The van der Waals surface area contributed by atoms with Gasteiger partial charge in [-0.05, 0) is 70.9 Å². The molecule has 0 bridgehead atoms. The zero-order valence-electron chi connectivity index (χ0n) is 14.0. The predicted octanol–water partition coefficient (Wildman–Crippen LogP) is 3.31. The standard InChI is InChI=1S/C19H19BrN2O3S/c20-17-9-8-14(26(24,25)22-13-6-7-13)11-16(17)19(23)21-18-10-5-12-3-1-2-4-15(12)18/h1-4,8-9,11,13,18,22H,5-7,10H2,(H,21,23). The van der Waals surface area contributed by atoms with Crippen molar-refractivity contribution in [3.8, 4) is 0 Å². The van der Waals surface area contributed by atoms with E-state index in [1.54, 1.807) is 6.07 Å². The summed E-state index contributed by atoms with van der Waals surface area (Å²) in [6.07, 6.45) is 3.51. The van der Waals surface area contributed by atoms with Crippen LogP contribution in [-0.4, -0.2) is 20.4 Å². The molecule has 1 atom stereocenters. The molecule has 26 heavy (non-hydrogen) atoms. The number of nitrogens with one attached hydrogen (secondary N) is 2. The molecule has 0 saturated heterocycles. The topological polar surface area (TPSA) is 75.3 Å². The van der Waals surface area contributed by atoms with E-state index in [1.165, 1.54) is 17.7 Å². The van der Waals surface area contributed by atoms with Gasteiger partial charge in [0.2, 0.25) is 10.0 Å². The Labute approximate surface area is 161 Å². The molecule has 1 unspecified atom stereocenters. The van der Waals surface area contributed by atoms with Crippen molar-refractivity contribution in [2.45, 2.75) is 42.7 Å². The van der Waals surface area contributed by atoms with E-state index in [4.69, 9.17) is 0 Å². The number of hydrogen-bond acceptors (Lipinski definition) is 3. The van der Waals surface area contributed by atoms with E-state index >= 15 is 0 Å². The molecular formula is C19H19BrN2O3S. The Balaban J connectivity index is 1.57. The van der Waals surface area contributed by atoms with Gasteiger partial charge in [0.1, 0.15) is 0 Å². The van der Waals surface area contributed by atoms with Gasteiger partial charge in [0, 0.05) is 10.5 Å². The molecule has 2 aromatic carbocycles. The zero-order chi connectivity index (χ0) is 18.3. The molecule has 1 fully saturated rings. The normalized spacial score (nSPS) is 19.2. The van der Waals surface area contributed by atoms with Gasteiger partial charge in [-0.3, -0.25) is 4.79 Å². The Hall–Kier alpha value is -1.70. The second kappa shape index (κ2) is 6.79. The second-order valence-corrected chi connectivity index (χ2v) is 9.37. The van der Waals surface area contributed by atoms with Crippen LogP contribution in [0.4, 0.5) is 0 Å². The number of halogens is 1. The summed E-state index contributed by atoms with van der Waals surface area (Å²) in [5, 5.41) is 3.04. The third kappa shape index (κ3) is 3.56. The van der Waals surface area contributed by atoms with Crippen LogP contribution in [0.1, 0.15) is 46.8 Å². The summed E-state index contributed by atoms with van der Waals surface area (Å²) in [5.74, 6) is -0.276. The van der Waals surface area contributed by atoms with Crippen LogP contribution in [0, 0.1) is 0 Å². The fourth-order valence-electron chi connectivity index (χ4n) is 3.28. The number of carbonyl (C=O) groups is 1. The molecule has 4 rings (SSSR count). The minimum atomic E-state index is -3.60. The average molecular weight is 435 g/mol. The van der Waals surface area contributed by atoms with Crippen molar-refractivity contribution in [1.82, 2.24) is 10.0 Å². The van der Waals surface area contributed by atoms with E-state index in [9.17, 15) is 13.2 Å². The highest BCUT2D eigenvalue weighted by molar-refractivity contribution is 9.10. The summed E-state index contributed by atoms with van der Waals surface area (Å²) in [5.41, 5.74) is 2.71. The van der Waals surface area contributed by atoms with Crippen LogP contribution in [0.25, 0.3) is 0 Å². The van der Waals surface area contributed by atoms with Gasteiger partial charge in [-0.25, -0.2) is 13.1 Å². The fraction of sp³-hybridized carbons (Fsp3) is 0.316. The van der Waals surface area contributed by atoms with Crippen molar-refractivity contribution >= 4 is 31.9 Å². The highest BCUT2D eigenvalue weighted by atomic mass is 79.9. The summed E-state index contributed by atoms with van der Waals surface area (Å²) in [6.45, 7) is 0. The van der Waals surface area contributed by atoms with Gasteiger partial charge >= 0.3 is 0 Å². The molecule has 0 heterocycles. The number of fused-ring (bicyclic) bond motifs is 1. The van der Waals surface area contributed by atoms with Crippen LogP contribution in [0.5, 0.6) is 0 Å². The van der Waals surface area contributed by atoms with Gasteiger partial charge in [-0.15, -0.1) is 0 Å². The first kappa shape index (κ1) is 17.7. The summed E-state index contributed by atoms with van der Waals surface area (Å²) >= 11 is 3.37. The van der Waals surface area contributed by atoms with E-state index in [0.717, 1.165) is 31.2 Å². The molecule has 0 radical (unpaired) electrons.